The summed E-state index contributed by atoms with van der Waals surface area (Å²) in [5.74, 6) is 1.82. The lowest BCUT2D eigenvalue weighted by Crippen LogP contribution is -2.27. The minimum Gasteiger partial charge on any atom is -0.482 e. The minimum atomic E-state index is -0.956. The Balaban J connectivity index is 1.99. The Morgan fingerprint density at radius 2 is 2.24 bits per heavy atom. The molecule has 5 heteroatoms. The van der Waals surface area contributed by atoms with E-state index in [1.807, 2.05) is 6.08 Å². The number of rotatable bonds is 9. The fraction of sp³-hybridized carbons (Fsp3) is 0.650. The highest BCUT2D eigenvalue weighted by atomic mass is 16.5. The van der Waals surface area contributed by atoms with Crippen molar-refractivity contribution in [1.29, 1.82) is 0 Å². The second kappa shape index (κ2) is 9.78. The average molecular weight is 349 g/mol. The van der Waals surface area contributed by atoms with Gasteiger partial charge in [-0.1, -0.05) is 18.7 Å². The van der Waals surface area contributed by atoms with E-state index in [1.165, 1.54) is 18.4 Å². The molecular formula is C20H31NO4. The summed E-state index contributed by atoms with van der Waals surface area (Å²) in [6.45, 7) is 3.36. The molecule has 0 aromatic rings. The predicted molar refractivity (Wildman–Crippen MR) is 97.8 cm³/mol. The average Bonchev–Trinajstić information content (AvgIpc) is 3.01. The number of hydrogen-bond donors (Lipinski definition) is 3. The summed E-state index contributed by atoms with van der Waals surface area (Å²) in [5.41, 5.74) is 1.23. The number of carbonyl (C=O) groups is 1. The van der Waals surface area contributed by atoms with Crippen LogP contribution >= 0.6 is 0 Å². The van der Waals surface area contributed by atoms with E-state index in [1.54, 1.807) is 19.2 Å². The van der Waals surface area contributed by atoms with Gasteiger partial charge in [-0.2, -0.15) is 0 Å². The Labute approximate surface area is 150 Å². The molecule has 0 bridgehead atoms. The fourth-order valence-electron chi connectivity index (χ4n) is 4.39. The van der Waals surface area contributed by atoms with Crippen LogP contribution < -0.4 is 5.32 Å². The summed E-state index contributed by atoms with van der Waals surface area (Å²) in [6, 6.07) is 0. The number of aliphatic carboxylic acids is 1. The Morgan fingerprint density at radius 3 is 2.92 bits per heavy atom. The lowest BCUT2D eigenvalue weighted by Gasteiger charge is -2.32. The van der Waals surface area contributed by atoms with E-state index in [9.17, 15) is 9.90 Å². The van der Waals surface area contributed by atoms with Crippen molar-refractivity contribution in [2.75, 3.05) is 13.7 Å². The number of aliphatic hydroxyl groups is 1. The largest absolute Gasteiger partial charge is 0.482 e. The molecule has 0 spiro atoms. The van der Waals surface area contributed by atoms with E-state index < -0.39 is 12.2 Å². The smallest absolute Gasteiger partial charge is 0.341 e. The number of nitrogens with one attached hydrogen (secondary N) is 1. The first-order chi connectivity index (χ1) is 12.0. The molecule has 4 atom stereocenters. The van der Waals surface area contributed by atoms with Crippen LogP contribution in [0.25, 0.3) is 0 Å². The maximum atomic E-state index is 10.8. The molecule has 3 N–H and O–H groups in total. The van der Waals surface area contributed by atoms with E-state index in [4.69, 9.17) is 9.84 Å². The molecule has 0 saturated heterocycles. The summed E-state index contributed by atoms with van der Waals surface area (Å²) < 4.78 is 5.52. The molecule has 0 aromatic carbocycles. The van der Waals surface area contributed by atoms with Crippen molar-refractivity contribution >= 4 is 5.97 Å². The van der Waals surface area contributed by atoms with Gasteiger partial charge in [0.25, 0.3) is 0 Å². The maximum absolute atomic E-state index is 10.8. The van der Waals surface area contributed by atoms with Crippen molar-refractivity contribution < 1.29 is 19.7 Å². The van der Waals surface area contributed by atoms with Crippen LogP contribution in [0, 0.1) is 17.8 Å². The third-order valence-corrected chi connectivity index (χ3v) is 5.63. The van der Waals surface area contributed by atoms with Crippen molar-refractivity contribution in [2.45, 2.75) is 51.2 Å². The van der Waals surface area contributed by atoms with Crippen LogP contribution in [0.1, 0.15) is 44.9 Å². The first-order valence-electron chi connectivity index (χ1n) is 9.26. The molecule has 4 unspecified atom stereocenters. The van der Waals surface area contributed by atoms with Gasteiger partial charge >= 0.3 is 5.97 Å². The van der Waals surface area contributed by atoms with Crippen molar-refractivity contribution in [3.05, 3.63) is 36.1 Å². The minimum absolute atomic E-state index is 0.307. The second-order valence-corrected chi connectivity index (χ2v) is 7.13. The summed E-state index contributed by atoms with van der Waals surface area (Å²) in [4.78, 5) is 10.8. The van der Waals surface area contributed by atoms with E-state index >= 15 is 0 Å². The molecule has 2 saturated carbocycles. The third kappa shape index (κ3) is 5.72. The van der Waals surface area contributed by atoms with Crippen molar-refractivity contribution in [3.8, 4) is 0 Å². The van der Waals surface area contributed by atoms with Gasteiger partial charge in [0.2, 0.25) is 0 Å². The molecule has 25 heavy (non-hydrogen) atoms. The maximum Gasteiger partial charge on any atom is 0.341 e. The molecule has 140 valence electrons. The molecule has 5 nitrogen and oxygen atoms in total. The van der Waals surface area contributed by atoms with Gasteiger partial charge < -0.3 is 14.9 Å². The molecule has 0 radical (unpaired) electrons. The normalized spacial score (nSPS) is 29.3. The van der Waals surface area contributed by atoms with Crippen molar-refractivity contribution in [2.24, 2.45) is 17.8 Å². The van der Waals surface area contributed by atoms with Crippen molar-refractivity contribution in [1.82, 2.24) is 5.32 Å². The topological polar surface area (TPSA) is 78.8 Å². The lowest BCUT2D eigenvalue weighted by molar-refractivity contribution is -0.140. The van der Waals surface area contributed by atoms with Crippen LogP contribution in [-0.2, 0) is 9.53 Å². The van der Waals surface area contributed by atoms with Gasteiger partial charge in [0.15, 0.2) is 6.61 Å². The van der Waals surface area contributed by atoms with Crippen LogP contribution in [0.15, 0.2) is 36.1 Å². The molecular weight excluding hydrogens is 318 g/mol. The number of aliphatic hydroxyl groups excluding tert-OH is 1. The standard InChI is InChI=1S/C20H31NO4/c1-3-4-5-18(25-13-20(23)24)16-8-10-17-14(6-7-15(17)12-16)9-11-19(22)21-2/h3-5,14-15,17,19,21-22H,1,6-13H2,2H3,(H,23,24)/b5-4-,18-16-. The van der Waals surface area contributed by atoms with Gasteiger partial charge in [-0.05, 0) is 81.4 Å². The van der Waals surface area contributed by atoms with Gasteiger partial charge in [0.05, 0.1) is 0 Å². The summed E-state index contributed by atoms with van der Waals surface area (Å²) in [5, 5.41) is 21.5. The van der Waals surface area contributed by atoms with Gasteiger partial charge in [-0.15, -0.1) is 0 Å². The molecule has 0 aromatic heterocycles. The Morgan fingerprint density at radius 1 is 1.44 bits per heavy atom. The van der Waals surface area contributed by atoms with Gasteiger partial charge in [0.1, 0.15) is 12.0 Å². The monoisotopic (exact) mass is 349 g/mol. The zero-order valence-corrected chi connectivity index (χ0v) is 15.1. The summed E-state index contributed by atoms with van der Waals surface area (Å²) in [6.07, 6.45) is 12.3. The third-order valence-electron chi connectivity index (χ3n) is 5.63. The molecule has 0 heterocycles. The molecule has 2 aliphatic carbocycles. The molecule has 0 aliphatic heterocycles. The molecule has 2 aliphatic rings. The van der Waals surface area contributed by atoms with Gasteiger partial charge in [-0.25, -0.2) is 4.79 Å². The number of ether oxygens (including phenoxy) is 1. The SMILES string of the molecule is C=C/C=C\C(OCC(=O)O)=C1/CCC2C(CCC(O)NC)CCC2C1. The summed E-state index contributed by atoms with van der Waals surface area (Å²) in [7, 11) is 1.79. The van der Waals surface area contributed by atoms with E-state index in [0.29, 0.717) is 17.6 Å². The first kappa shape index (κ1) is 19.7. The fourth-order valence-corrected chi connectivity index (χ4v) is 4.39. The first-order valence-corrected chi connectivity index (χ1v) is 9.26. The lowest BCUT2D eigenvalue weighted by atomic mass is 9.74. The van der Waals surface area contributed by atoms with E-state index in [0.717, 1.165) is 38.0 Å². The molecule has 0 amide bonds. The highest BCUT2D eigenvalue weighted by molar-refractivity contribution is 5.68. The number of carboxylic acid groups (broad SMARTS) is 1. The Kier molecular flexibility index (Phi) is 7.72. The highest BCUT2D eigenvalue weighted by Crippen LogP contribution is 2.49. The predicted octanol–water partition coefficient (Wildman–Crippen LogP) is 3.23. The van der Waals surface area contributed by atoms with Crippen molar-refractivity contribution in [3.63, 3.8) is 0 Å². The molecule has 2 rings (SSSR count). The quantitative estimate of drug-likeness (QED) is 0.338. The number of fused-ring (bicyclic) bond motifs is 1. The van der Waals surface area contributed by atoms with Crippen LogP contribution in [0.5, 0.6) is 0 Å². The number of hydrogen-bond acceptors (Lipinski definition) is 4. The van der Waals surface area contributed by atoms with Gasteiger partial charge in [-0.3, -0.25) is 5.32 Å². The van der Waals surface area contributed by atoms with E-state index in [2.05, 4.69) is 11.9 Å². The highest BCUT2D eigenvalue weighted by Gasteiger charge is 2.39. The Bertz CT molecular complexity index is 526. The van der Waals surface area contributed by atoms with Crippen LogP contribution in [0.2, 0.25) is 0 Å². The van der Waals surface area contributed by atoms with Crippen LogP contribution in [0.4, 0.5) is 0 Å². The summed E-state index contributed by atoms with van der Waals surface area (Å²) >= 11 is 0. The number of allylic oxidation sites excluding steroid dienone is 4. The zero-order valence-electron chi connectivity index (χ0n) is 15.1. The second-order valence-electron chi connectivity index (χ2n) is 7.13. The van der Waals surface area contributed by atoms with E-state index in [-0.39, 0.29) is 6.61 Å². The zero-order chi connectivity index (χ0) is 18.2. The number of carboxylic acids is 1. The Hall–Kier alpha value is -1.59. The van der Waals surface area contributed by atoms with Gasteiger partial charge in [0, 0.05) is 0 Å². The van der Waals surface area contributed by atoms with Crippen LogP contribution in [0.3, 0.4) is 0 Å². The molecule has 2 fully saturated rings. The van der Waals surface area contributed by atoms with Crippen LogP contribution in [-0.4, -0.2) is 36.1 Å².